The molecule has 7 nitrogen and oxygen atoms in total. The second-order valence-corrected chi connectivity index (χ2v) is 4.59. The Bertz CT molecular complexity index is 273. The maximum absolute atomic E-state index is 11.4. The van der Waals surface area contributed by atoms with Crippen LogP contribution < -0.4 is 5.32 Å². The number of carbonyl (C=O) groups excluding carboxylic acids is 1. The van der Waals surface area contributed by atoms with E-state index in [1.807, 2.05) is 0 Å². The van der Waals surface area contributed by atoms with Gasteiger partial charge in [-0.15, -0.1) is 0 Å². The van der Waals surface area contributed by atoms with Crippen LogP contribution >= 0.6 is 0 Å². The van der Waals surface area contributed by atoms with Crippen LogP contribution in [0.4, 0.5) is 4.79 Å². The number of rotatable bonds is 5. The second-order valence-electron chi connectivity index (χ2n) is 4.59. The summed E-state index contributed by atoms with van der Waals surface area (Å²) in [5.74, 6) is 0. The molecule has 0 heterocycles. The quantitative estimate of drug-likeness (QED) is 0.427. The molecule has 0 aliphatic rings. The van der Waals surface area contributed by atoms with Crippen molar-refractivity contribution in [2.75, 3.05) is 20.2 Å². The maximum Gasteiger partial charge on any atom is 0.407 e. The first-order chi connectivity index (χ1) is 7.78. The Kier molecular flexibility index (Phi) is 6.48. The third kappa shape index (κ3) is 8.44. The summed E-state index contributed by atoms with van der Waals surface area (Å²) in [5.41, 5.74) is -0.590. The molecular formula is C10H21N3O4. The predicted octanol–water partition coefficient (Wildman–Crippen LogP) is 0.854. The van der Waals surface area contributed by atoms with Crippen molar-refractivity contribution in [1.82, 2.24) is 5.32 Å². The van der Waals surface area contributed by atoms with Crippen molar-refractivity contribution < 1.29 is 19.5 Å². The number of alkyl carbamates (subject to hydrolysis) is 1. The van der Waals surface area contributed by atoms with Gasteiger partial charge in [0.1, 0.15) is 5.60 Å². The lowest BCUT2D eigenvalue weighted by Crippen LogP contribution is -2.41. The number of nitrogens with zero attached hydrogens (tertiary/aromatic N) is 2. The van der Waals surface area contributed by atoms with Gasteiger partial charge < -0.3 is 20.4 Å². The van der Waals surface area contributed by atoms with E-state index >= 15 is 0 Å². The summed E-state index contributed by atoms with van der Waals surface area (Å²) in [6.45, 7) is 5.09. The summed E-state index contributed by atoms with van der Waals surface area (Å²) < 4.78 is 5.03. The average Bonchev–Trinajstić information content (AvgIpc) is 2.20. The van der Waals surface area contributed by atoms with Gasteiger partial charge in [0.2, 0.25) is 0 Å². The van der Waals surface area contributed by atoms with Gasteiger partial charge in [-0.25, -0.2) is 4.79 Å². The van der Waals surface area contributed by atoms with Crippen LogP contribution in [0.2, 0.25) is 0 Å². The Hall–Kier alpha value is -1.37. The average molecular weight is 247 g/mol. The van der Waals surface area contributed by atoms with Crippen LogP contribution in [0.5, 0.6) is 0 Å². The van der Waals surface area contributed by atoms with E-state index in [1.54, 1.807) is 20.8 Å². The van der Waals surface area contributed by atoms with Crippen LogP contribution in [0, 0.1) is 5.21 Å². The first kappa shape index (κ1) is 15.6. The highest BCUT2D eigenvalue weighted by Crippen LogP contribution is 2.07. The van der Waals surface area contributed by atoms with Gasteiger partial charge >= 0.3 is 6.09 Å². The summed E-state index contributed by atoms with van der Waals surface area (Å²) in [5, 5.41) is 25.8. The Labute approximate surface area is 101 Å². The highest BCUT2D eigenvalue weighted by molar-refractivity contribution is 5.68. The minimum atomic E-state index is -0.609. The molecule has 0 spiro atoms. The van der Waals surface area contributed by atoms with Gasteiger partial charge in [-0.1, -0.05) is 4.86 Å². The number of carbonyl (C=O) groups is 1. The van der Waals surface area contributed by atoms with Crippen molar-refractivity contribution in [2.24, 2.45) is 5.11 Å². The summed E-state index contributed by atoms with van der Waals surface area (Å²) in [7, 11) is 1.38. The Morgan fingerprint density at radius 2 is 2.18 bits per heavy atom. The summed E-state index contributed by atoms with van der Waals surface area (Å²) >= 11 is 0. The molecule has 0 aromatic carbocycles. The van der Waals surface area contributed by atoms with E-state index in [-0.39, 0.29) is 13.2 Å². The number of hydrogen-bond acceptors (Lipinski definition) is 5. The lowest BCUT2D eigenvalue weighted by atomic mass is 10.2. The molecule has 0 unspecified atom stereocenters. The van der Waals surface area contributed by atoms with Gasteiger partial charge in [0, 0.05) is 6.42 Å². The Morgan fingerprint density at radius 1 is 1.59 bits per heavy atom. The van der Waals surface area contributed by atoms with Gasteiger partial charge in [-0.05, 0) is 25.9 Å². The van der Waals surface area contributed by atoms with E-state index < -0.39 is 17.7 Å². The summed E-state index contributed by atoms with van der Waals surface area (Å²) in [6.07, 6.45) is -0.307. The topological polar surface area (TPSA) is 97.0 Å². The van der Waals surface area contributed by atoms with Gasteiger partial charge in [0.25, 0.3) is 0 Å². The molecule has 2 N–H and O–H groups in total. The molecule has 0 aliphatic heterocycles. The molecule has 0 aromatic heterocycles. The molecule has 1 amide bonds. The molecule has 0 bridgehead atoms. The zero-order chi connectivity index (χ0) is 13.5. The van der Waals surface area contributed by atoms with Crippen molar-refractivity contribution in [1.29, 1.82) is 0 Å². The maximum atomic E-state index is 11.4. The molecule has 17 heavy (non-hydrogen) atoms. The molecule has 0 aromatic rings. The smallest absolute Gasteiger partial charge is 0.407 e. The number of amides is 1. The van der Waals surface area contributed by atoms with E-state index in [2.05, 4.69) is 10.4 Å². The molecule has 7 heteroatoms. The largest absolute Gasteiger partial charge is 0.600 e. The highest BCUT2D eigenvalue weighted by Gasteiger charge is 2.19. The predicted molar refractivity (Wildman–Crippen MR) is 61.7 cm³/mol. The first-order valence-corrected chi connectivity index (χ1v) is 5.43. The van der Waals surface area contributed by atoms with Crippen LogP contribution in [0.3, 0.4) is 0 Å². The minimum absolute atomic E-state index is 0.109. The van der Waals surface area contributed by atoms with Crippen molar-refractivity contribution in [2.45, 2.75) is 38.8 Å². The summed E-state index contributed by atoms with van der Waals surface area (Å²) in [6, 6.07) is -0.511. The molecule has 100 valence electrons. The molecule has 0 fully saturated rings. The fraction of sp³-hybridized carbons (Fsp3) is 0.900. The van der Waals surface area contributed by atoms with Crippen molar-refractivity contribution in [3.8, 4) is 0 Å². The Morgan fingerprint density at radius 3 is 2.59 bits per heavy atom. The van der Waals surface area contributed by atoms with E-state index in [9.17, 15) is 10.0 Å². The Balaban J connectivity index is 4.09. The normalized spacial score (nSPS) is 14.3. The van der Waals surface area contributed by atoms with E-state index in [1.165, 1.54) is 7.05 Å². The number of ether oxygens (including phenoxy) is 1. The van der Waals surface area contributed by atoms with Crippen molar-refractivity contribution in [3.05, 3.63) is 5.21 Å². The minimum Gasteiger partial charge on any atom is -0.600 e. The second kappa shape index (κ2) is 7.05. The van der Waals surface area contributed by atoms with Gasteiger partial charge in [-0.3, -0.25) is 0 Å². The monoisotopic (exact) mass is 247 g/mol. The highest BCUT2D eigenvalue weighted by atomic mass is 16.6. The summed E-state index contributed by atoms with van der Waals surface area (Å²) in [4.78, 5) is 11.9. The van der Waals surface area contributed by atoms with Crippen LogP contribution in [0.15, 0.2) is 5.11 Å². The molecule has 0 saturated carbocycles. The van der Waals surface area contributed by atoms with Gasteiger partial charge in [0.05, 0.1) is 19.7 Å². The number of aliphatic hydroxyl groups excluding tert-OH is 1. The number of hydrogen-bond donors (Lipinski definition) is 2. The van der Waals surface area contributed by atoms with Crippen molar-refractivity contribution in [3.63, 3.8) is 0 Å². The molecule has 0 radical (unpaired) electrons. The molecule has 0 aliphatic carbocycles. The zero-order valence-electron chi connectivity index (χ0n) is 10.8. The van der Waals surface area contributed by atoms with Crippen LogP contribution in [0.1, 0.15) is 27.2 Å². The van der Waals surface area contributed by atoms with Crippen LogP contribution in [-0.2, 0) is 4.74 Å². The van der Waals surface area contributed by atoms with Crippen molar-refractivity contribution >= 4 is 6.09 Å². The third-order valence-corrected chi connectivity index (χ3v) is 1.83. The fourth-order valence-electron chi connectivity index (χ4n) is 1.05. The number of aliphatic hydroxyl groups is 1. The standard InChI is InChI=1S/C10H21N3O4/c1-10(2,3)17-9(15)12-8(7-14)5-6-13(16)11-4/h8,14H,5-7H2,1-4H3,(H,12,15)/t8-/m0/s1. The van der Waals surface area contributed by atoms with Gasteiger partial charge in [-0.2, -0.15) is 0 Å². The van der Waals surface area contributed by atoms with Crippen LogP contribution in [0.25, 0.3) is 0 Å². The number of nitrogens with one attached hydrogen (secondary N) is 1. The molecule has 0 saturated heterocycles. The molecule has 0 rings (SSSR count). The van der Waals surface area contributed by atoms with E-state index in [0.29, 0.717) is 11.3 Å². The SMILES string of the molecule is CN=[N+]([O-])CC[C@@H](CO)NC(=O)OC(C)(C)C. The third-order valence-electron chi connectivity index (χ3n) is 1.83. The van der Waals surface area contributed by atoms with E-state index in [0.717, 1.165) is 0 Å². The fourth-order valence-corrected chi connectivity index (χ4v) is 1.05. The van der Waals surface area contributed by atoms with Gasteiger partial charge in [0.15, 0.2) is 6.54 Å². The molecule has 1 atom stereocenters. The number of hydroxylamine groups is 1. The first-order valence-electron chi connectivity index (χ1n) is 5.43. The van der Waals surface area contributed by atoms with E-state index in [4.69, 9.17) is 9.84 Å². The molecular weight excluding hydrogens is 226 g/mol. The van der Waals surface area contributed by atoms with Crippen LogP contribution in [-0.4, -0.2) is 47.9 Å². The number of azo groups is 1. The zero-order valence-corrected chi connectivity index (χ0v) is 10.8. The lowest BCUT2D eigenvalue weighted by molar-refractivity contribution is -0.529. The lowest BCUT2D eigenvalue weighted by Gasteiger charge is -2.22.